The van der Waals surface area contributed by atoms with E-state index in [1.165, 1.54) is 25.3 Å². The van der Waals surface area contributed by atoms with E-state index in [0.29, 0.717) is 29.5 Å². The van der Waals surface area contributed by atoms with Crippen molar-refractivity contribution >= 4 is 16.8 Å². The van der Waals surface area contributed by atoms with Gasteiger partial charge in [0, 0.05) is 28.3 Å². The number of nitrogens with one attached hydrogen (secondary N) is 1. The van der Waals surface area contributed by atoms with Crippen molar-refractivity contribution in [1.29, 1.82) is 0 Å². The summed E-state index contributed by atoms with van der Waals surface area (Å²) in [4.78, 5) is 22.1. The molecule has 12 heteroatoms. The van der Waals surface area contributed by atoms with Gasteiger partial charge in [0.05, 0.1) is 19.3 Å². The topological polar surface area (TPSA) is 120 Å². The molecule has 0 radical (unpaired) electrons. The number of carbonyl (C=O) groups is 1. The predicted octanol–water partition coefficient (Wildman–Crippen LogP) is 4.58. The Morgan fingerprint density at radius 2 is 1.93 bits per heavy atom. The van der Waals surface area contributed by atoms with Crippen molar-refractivity contribution in [1.82, 2.24) is 15.3 Å². The highest BCUT2D eigenvalue weighted by atomic mass is 19.4. The Balaban J connectivity index is 1.40. The maximum atomic E-state index is 14.2. The van der Waals surface area contributed by atoms with E-state index in [1.54, 1.807) is 24.4 Å². The first kappa shape index (κ1) is 27.9. The number of aliphatic hydroxyl groups is 1. The van der Waals surface area contributed by atoms with Crippen LogP contribution in [-0.2, 0) is 11.1 Å². The van der Waals surface area contributed by atoms with E-state index in [-0.39, 0.29) is 40.7 Å². The molecule has 42 heavy (non-hydrogen) atoms. The third kappa shape index (κ3) is 4.60. The number of benzene rings is 2. The minimum Gasteiger partial charge on any atom is -0.494 e. The molecule has 2 aliphatic rings. The highest BCUT2D eigenvalue weighted by Gasteiger charge is 2.59. The molecule has 1 aliphatic heterocycles. The third-order valence-electron chi connectivity index (χ3n) is 7.89. The van der Waals surface area contributed by atoms with E-state index in [4.69, 9.17) is 15.2 Å². The van der Waals surface area contributed by atoms with Crippen LogP contribution in [0.15, 0.2) is 60.8 Å². The summed E-state index contributed by atoms with van der Waals surface area (Å²) in [6.45, 7) is -1.23. The largest absolute Gasteiger partial charge is 0.494 e. The molecule has 4 N–H and O–H groups in total. The van der Waals surface area contributed by atoms with Gasteiger partial charge in [-0.15, -0.1) is 0 Å². The molecule has 2 aromatic carbocycles. The van der Waals surface area contributed by atoms with Crippen LogP contribution in [0.25, 0.3) is 22.2 Å². The standard InChI is InChI=1S/C30H26F4N4O4/c1-41-22-12-18(11-17-3-2-10-36-24(17)22)27(39)37-14-28(40,19-6-7-19)23-13-21-26(42-15-29(21,35)30(32,33)34)25(38-23)16-4-8-20(31)9-5-16/h2-5,8-13,19,40H,6-7,14-15,35H2,1H3,(H,37,39)/t28-,29+/m1/s1. The molecule has 0 unspecified atom stereocenters. The Hall–Kier alpha value is -4.29. The van der Waals surface area contributed by atoms with Gasteiger partial charge >= 0.3 is 6.18 Å². The van der Waals surface area contributed by atoms with Crippen LogP contribution in [0.1, 0.15) is 34.5 Å². The molecule has 218 valence electrons. The number of pyridine rings is 2. The smallest absolute Gasteiger partial charge is 0.414 e. The number of rotatable bonds is 7. The molecule has 1 amide bonds. The molecule has 2 aromatic heterocycles. The molecule has 0 bridgehead atoms. The number of hydrogen-bond acceptors (Lipinski definition) is 7. The average Bonchev–Trinajstić information content (AvgIpc) is 3.78. The zero-order valence-corrected chi connectivity index (χ0v) is 22.3. The van der Waals surface area contributed by atoms with Crippen molar-refractivity contribution in [3.8, 4) is 22.8 Å². The molecular formula is C30H26F4N4O4. The predicted molar refractivity (Wildman–Crippen MR) is 144 cm³/mol. The van der Waals surface area contributed by atoms with Crippen molar-refractivity contribution < 1.29 is 36.9 Å². The lowest BCUT2D eigenvalue weighted by molar-refractivity contribution is -0.191. The number of carbonyl (C=O) groups excluding carboxylic acids is 1. The van der Waals surface area contributed by atoms with Gasteiger partial charge in [-0.1, -0.05) is 6.07 Å². The van der Waals surface area contributed by atoms with Gasteiger partial charge in [-0.2, -0.15) is 13.2 Å². The summed E-state index contributed by atoms with van der Waals surface area (Å²) in [5.74, 6) is -1.28. The number of nitrogens with two attached hydrogens (primary N) is 1. The van der Waals surface area contributed by atoms with Crippen molar-refractivity contribution in [2.75, 3.05) is 20.3 Å². The number of aromatic nitrogens is 2. The fourth-order valence-electron chi connectivity index (χ4n) is 5.30. The van der Waals surface area contributed by atoms with Gasteiger partial charge in [0.25, 0.3) is 5.91 Å². The van der Waals surface area contributed by atoms with Gasteiger partial charge in [0.2, 0.25) is 0 Å². The summed E-state index contributed by atoms with van der Waals surface area (Å²) >= 11 is 0. The fourth-order valence-corrected chi connectivity index (χ4v) is 5.30. The van der Waals surface area contributed by atoms with Gasteiger partial charge in [0.15, 0.2) is 11.3 Å². The van der Waals surface area contributed by atoms with Crippen LogP contribution in [0, 0.1) is 11.7 Å². The zero-order chi connectivity index (χ0) is 29.9. The van der Waals surface area contributed by atoms with Crippen LogP contribution in [0.2, 0.25) is 0 Å². The number of ether oxygens (including phenoxy) is 2. The Bertz CT molecular complexity index is 1690. The second-order valence-electron chi connectivity index (χ2n) is 10.6. The van der Waals surface area contributed by atoms with Crippen molar-refractivity contribution in [3.05, 3.63) is 83.4 Å². The number of nitrogens with zero attached hydrogens (tertiary/aromatic N) is 2. The highest BCUT2D eigenvalue weighted by Crippen LogP contribution is 2.52. The second-order valence-corrected chi connectivity index (χ2v) is 10.6. The molecule has 1 fully saturated rings. The van der Waals surface area contributed by atoms with E-state index in [2.05, 4.69) is 15.3 Å². The van der Waals surface area contributed by atoms with Gasteiger partial charge in [-0.3, -0.25) is 9.78 Å². The number of alkyl halides is 3. The highest BCUT2D eigenvalue weighted by molar-refractivity contribution is 5.99. The Labute approximate surface area is 237 Å². The lowest BCUT2D eigenvalue weighted by atomic mass is 9.86. The normalized spacial score (nSPS) is 19.6. The van der Waals surface area contributed by atoms with Gasteiger partial charge in [-0.05, 0) is 67.3 Å². The summed E-state index contributed by atoms with van der Waals surface area (Å²) < 4.78 is 67.2. The van der Waals surface area contributed by atoms with Gasteiger partial charge in [-0.25, -0.2) is 9.37 Å². The summed E-state index contributed by atoms with van der Waals surface area (Å²) in [5, 5.41) is 15.4. The maximum Gasteiger partial charge on any atom is 0.414 e. The van der Waals surface area contributed by atoms with E-state index >= 15 is 0 Å². The van der Waals surface area contributed by atoms with Crippen LogP contribution < -0.4 is 20.5 Å². The lowest BCUT2D eigenvalue weighted by Crippen LogP contribution is -2.52. The molecule has 3 heterocycles. The van der Waals surface area contributed by atoms with Crippen LogP contribution in [0.4, 0.5) is 17.6 Å². The number of amides is 1. The molecule has 4 aromatic rings. The van der Waals surface area contributed by atoms with E-state index in [1.807, 2.05) is 0 Å². The minimum atomic E-state index is -4.88. The van der Waals surface area contributed by atoms with Gasteiger partial charge in [0.1, 0.15) is 35.0 Å². The van der Waals surface area contributed by atoms with E-state index < -0.39 is 41.2 Å². The third-order valence-corrected chi connectivity index (χ3v) is 7.89. The number of methoxy groups -OCH3 is 1. The minimum absolute atomic E-state index is 0.0174. The first-order valence-electron chi connectivity index (χ1n) is 13.2. The van der Waals surface area contributed by atoms with Crippen molar-refractivity contribution in [2.24, 2.45) is 11.7 Å². The van der Waals surface area contributed by atoms with Crippen LogP contribution in [0.3, 0.4) is 0 Å². The average molecular weight is 583 g/mol. The van der Waals surface area contributed by atoms with E-state index in [9.17, 15) is 27.5 Å². The number of fused-ring (bicyclic) bond motifs is 2. The second kappa shape index (κ2) is 9.92. The molecule has 2 atom stereocenters. The van der Waals surface area contributed by atoms with Crippen molar-refractivity contribution in [3.63, 3.8) is 0 Å². The summed E-state index contributed by atoms with van der Waals surface area (Å²) in [7, 11) is 1.46. The molecule has 6 rings (SSSR count). The quantitative estimate of drug-likeness (QED) is 0.273. The van der Waals surface area contributed by atoms with Crippen LogP contribution in [0.5, 0.6) is 11.5 Å². The summed E-state index contributed by atoms with van der Waals surface area (Å²) in [6, 6.07) is 12.7. The molecule has 1 aliphatic carbocycles. The monoisotopic (exact) mass is 582 g/mol. The Kier molecular flexibility index (Phi) is 6.58. The first-order valence-corrected chi connectivity index (χ1v) is 13.2. The van der Waals surface area contributed by atoms with Crippen LogP contribution in [-0.4, -0.2) is 47.4 Å². The number of halogens is 4. The summed E-state index contributed by atoms with van der Waals surface area (Å²) in [5.41, 5.74) is 1.76. The van der Waals surface area contributed by atoms with E-state index in [0.717, 1.165) is 18.2 Å². The maximum absolute atomic E-state index is 14.2. The molecule has 8 nitrogen and oxygen atoms in total. The number of hydrogen-bond donors (Lipinski definition) is 3. The first-order chi connectivity index (χ1) is 19.9. The lowest BCUT2D eigenvalue weighted by Gasteiger charge is -2.31. The Morgan fingerprint density at radius 3 is 2.60 bits per heavy atom. The zero-order valence-electron chi connectivity index (χ0n) is 22.3. The molecular weight excluding hydrogens is 556 g/mol. The summed E-state index contributed by atoms with van der Waals surface area (Å²) in [6.07, 6.45) is -2.15. The Morgan fingerprint density at radius 1 is 1.19 bits per heavy atom. The molecule has 1 saturated carbocycles. The molecule has 0 spiro atoms. The van der Waals surface area contributed by atoms with Crippen LogP contribution >= 0.6 is 0 Å². The van der Waals surface area contributed by atoms with Gasteiger partial charge < -0.3 is 25.6 Å². The fraction of sp³-hybridized carbons (Fsp3) is 0.300. The SMILES string of the molecule is COc1cc(C(=O)NC[C@](O)(c2cc3c(c(-c4ccc(F)cc4)n2)OC[C@@]3(N)C(F)(F)F)C2CC2)cc2cccnc12. The molecule has 0 saturated heterocycles. The van der Waals surface area contributed by atoms with Crippen molar-refractivity contribution in [2.45, 2.75) is 30.2 Å².